The fraction of sp³-hybridized carbons (Fsp3) is 0.167. The molecule has 1 amide bonds. The van der Waals surface area contributed by atoms with Crippen LogP contribution in [-0.4, -0.2) is 27.2 Å². The first kappa shape index (κ1) is 20.2. The third kappa shape index (κ3) is 4.39. The average molecular weight is 420 g/mol. The molecule has 1 unspecified atom stereocenters. The highest BCUT2D eigenvalue weighted by atomic mass is 32.2. The Morgan fingerprint density at radius 2 is 1.83 bits per heavy atom. The number of carbonyl (C=O) groups is 1. The van der Waals surface area contributed by atoms with E-state index in [4.69, 9.17) is 0 Å². The number of hydrogen-bond donors (Lipinski definition) is 0. The van der Waals surface area contributed by atoms with Crippen LogP contribution in [0.4, 0.5) is 4.39 Å². The summed E-state index contributed by atoms with van der Waals surface area (Å²) in [4.78, 5) is 20.2. The summed E-state index contributed by atoms with van der Waals surface area (Å²) in [5.41, 5.74) is 3.47. The Bertz CT molecular complexity index is 1120. The number of nitrogens with zero attached hydrogens (tertiary/aromatic N) is 3. The molecule has 2 aromatic heterocycles. The smallest absolute Gasteiger partial charge is 0.254 e. The molecule has 0 saturated heterocycles. The molecule has 4 aromatic rings. The van der Waals surface area contributed by atoms with Crippen molar-refractivity contribution in [2.45, 2.75) is 23.6 Å². The van der Waals surface area contributed by atoms with E-state index in [2.05, 4.69) is 4.98 Å². The largest absolute Gasteiger partial charge is 0.335 e. The molecule has 152 valence electrons. The van der Waals surface area contributed by atoms with Gasteiger partial charge in [-0.15, -0.1) is 11.8 Å². The van der Waals surface area contributed by atoms with Crippen LogP contribution in [0.2, 0.25) is 0 Å². The van der Waals surface area contributed by atoms with Crippen molar-refractivity contribution in [1.82, 2.24) is 14.3 Å². The molecule has 6 heteroatoms. The first-order valence-corrected chi connectivity index (χ1v) is 10.7. The maximum Gasteiger partial charge on any atom is 0.254 e. The van der Waals surface area contributed by atoms with Crippen LogP contribution in [0.25, 0.3) is 5.65 Å². The number of amides is 1. The molecular weight excluding hydrogens is 397 g/mol. The first-order valence-electron chi connectivity index (χ1n) is 9.69. The quantitative estimate of drug-likeness (QED) is 0.382. The van der Waals surface area contributed by atoms with Crippen LogP contribution in [-0.2, 0) is 5.75 Å². The lowest BCUT2D eigenvalue weighted by molar-refractivity contribution is 0.0742. The summed E-state index contributed by atoms with van der Waals surface area (Å²) in [5.74, 6) is 0.414. The zero-order valence-electron chi connectivity index (χ0n) is 16.8. The van der Waals surface area contributed by atoms with E-state index in [1.165, 1.54) is 12.1 Å². The van der Waals surface area contributed by atoms with Crippen LogP contribution in [0.3, 0.4) is 0 Å². The average Bonchev–Trinajstić information content (AvgIpc) is 3.20. The van der Waals surface area contributed by atoms with Gasteiger partial charge < -0.3 is 9.30 Å². The van der Waals surface area contributed by atoms with Crippen molar-refractivity contribution in [2.75, 3.05) is 7.05 Å². The minimum atomic E-state index is -0.281. The van der Waals surface area contributed by atoms with Gasteiger partial charge in [0, 0.05) is 35.7 Å². The van der Waals surface area contributed by atoms with E-state index in [1.807, 2.05) is 66.2 Å². The Morgan fingerprint density at radius 1 is 1.10 bits per heavy atom. The van der Waals surface area contributed by atoms with Crippen molar-refractivity contribution in [3.63, 3.8) is 0 Å². The predicted molar refractivity (Wildman–Crippen MR) is 118 cm³/mol. The molecule has 1 atom stereocenters. The fourth-order valence-electron chi connectivity index (χ4n) is 3.25. The number of rotatable bonds is 6. The third-order valence-electron chi connectivity index (χ3n) is 5.16. The molecule has 0 aliphatic carbocycles. The van der Waals surface area contributed by atoms with Gasteiger partial charge >= 0.3 is 0 Å². The zero-order valence-corrected chi connectivity index (χ0v) is 17.6. The summed E-state index contributed by atoms with van der Waals surface area (Å²) in [6.45, 7) is 1.93. The number of thioether (sulfide) groups is 1. The molecule has 2 aromatic carbocycles. The molecule has 0 aliphatic heterocycles. The molecule has 0 spiro atoms. The Hall–Kier alpha value is -3.12. The summed E-state index contributed by atoms with van der Waals surface area (Å²) in [6.07, 6.45) is 4.02. The molecule has 0 aliphatic rings. The number of pyridine rings is 1. The number of fused-ring (bicyclic) bond motifs is 1. The van der Waals surface area contributed by atoms with E-state index in [-0.39, 0.29) is 17.8 Å². The van der Waals surface area contributed by atoms with Crippen LogP contribution in [0, 0.1) is 5.82 Å². The van der Waals surface area contributed by atoms with Crippen LogP contribution >= 0.6 is 11.8 Å². The summed E-state index contributed by atoms with van der Waals surface area (Å²) in [7, 11) is 1.77. The number of aromatic nitrogens is 2. The SMILES string of the molecule is CC(c1ccc(F)cc1)N(C)C(=O)c1ccc(SCc2cn3ccccc3n2)cc1. The van der Waals surface area contributed by atoms with Crippen molar-refractivity contribution in [3.05, 3.63) is 102 Å². The van der Waals surface area contributed by atoms with Crippen molar-refractivity contribution in [1.29, 1.82) is 0 Å². The van der Waals surface area contributed by atoms with Gasteiger partial charge in [-0.3, -0.25) is 4.79 Å². The molecule has 0 fully saturated rings. The predicted octanol–water partition coefficient (Wildman–Crippen LogP) is 5.60. The third-order valence-corrected chi connectivity index (χ3v) is 6.20. The van der Waals surface area contributed by atoms with Crippen LogP contribution < -0.4 is 0 Å². The lowest BCUT2D eigenvalue weighted by atomic mass is 10.1. The van der Waals surface area contributed by atoms with Crippen LogP contribution in [0.5, 0.6) is 0 Å². The standard InChI is InChI=1S/C24H22FN3OS/c1-17(18-6-10-20(25)11-7-18)27(2)24(29)19-8-12-22(13-9-19)30-16-21-15-28-14-4-3-5-23(28)26-21/h3-15,17H,16H2,1-2H3. The number of halogens is 1. The minimum absolute atomic E-state index is 0.0660. The molecule has 4 rings (SSSR count). The number of hydrogen-bond acceptors (Lipinski definition) is 3. The number of benzene rings is 2. The monoisotopic (exact) mass is 419 g/mol. The second-order valence-corrected chi connectivity index (χ2v) is 8.20. The van der Waals surface area contributed by atoms with Gasteiger partial charge in [0.15, 0.2) is 0 Å². The van der Waals surface area contributed by atoms with Crippen LogP contribution in [0.1, 0.15) is 34.6 Å². The maximum absolute atomic E-state index is 13.2. The van der Waals surface area contributed by atoms with Gasteiger partial charge in [-0.2, -0.15) is 0 Å². The number of imidazole rings is 1. The normalized spacial score (nSPS) is 12.1. The van der Waals surface area contributed by atoms with E-state index >= 15 is 0 Å². The molecule has 2 heterocycles. The number of carbonyl (C=O) groups excluding carboxylic acids is 1. The molecule has 0 radical (unpaired) electrons. The van der Waals surface area contributed by atoms with E-state index in [9.17, 15) is 9.18 Å². The van der Waals surface area contributed by atoms with E-state index in [1.54, 1.807) is 35.8 Å². The van der Waals surface area contributed by atoms with Gasteiger partial charge in [-0.1, -0.05) is 18.2 Å². The summed E-state index contributed by atoms with van der Waals surface area (Å²) in [6, 6.07) is 19.7. The van der Waals surface area contributed by atoms with Gasteiger partial charge in [-0.25, -0.2) is 9.37 Å². The topological polar surface area (TPSA) is 37.6 Å². The van der Waals surface area contributed by atoms with Gasteiger partial charge in [-0.05, 0) is 61.0 Å². The second kappa shape index (κ2) is 8.71. The Balaban J connectivity index is 1.39. The molecule has 0 saturated carbocycles. The van der Waals surface area contributed by atoms with E-state index in [0.29, 0.717) is 5.56 Å². The van der Waals surface area contributed by atoms with E-state index in [0.717, 1.165) is 27.6 Å². The van der Waals surface area contributed by atoms with Gasteiger partial charge in [0.25, 0.3) is 5.91 Å². The highest BCUT2D eigenvalue weighted by Gasteiger charge is 2.19. The van der Waals surface area contributed by atoms with Gasteiger partial charge in [0.1, 0.15) is 11.5 Å². The fourth-order valence-corrected chi connectivity index (χ4v) is 4.03. The Morgan fingerprint density at radius 3 is 2.53 bits per heavy atom. The Kier molecular flexibility index (Phi) is 5.86. The first-order chi connectivity index (χ1) is 14.5. The lowest BCUT2D eigenvalue weighted by Crippen LogP contribution is -2.29. The minimum Gasteiger partial charge on any atom is -0.335 e. The second-order valence-electron chi connectivity index (χ2n) is 7.15. The van der Waals surface area contributed by atoms with Crippen molar-refractivity contribution in [3.8, 4) is 0 Å². The van der Waals surface area contributed by atoms with Crippen molar-refractivity contribution >= 4 is 23.3 Å². The Labute approximate surface area is 179 Å². The van der Waals surface area contributed by atoms with Crippen molar-refractivity contribution in [2.24, 2.45) is 0 Å². The molecular formula is C24H22FN3OS. The summed E-state index contributed by atoms with van der Waals surface area (Å²) >= 11 is 1.69. The highest BCUT2D eigenvalue weighted by molar-refractivity contribution is 7.98. The molecule has 4 nitrogen and oxygen atoms in total. The summed E-state index contributed by atoms with van der Waals surface area (Å²) < 4.78 is 15.2. The van der Waals surface area contributed by atoms with Gasteiger partial charge in [0.2, 0.25) is 0 Å². The molecule has 0 N–H and O–H groups in total. The maximum atomic E-state index is 13.2. The van der Waals surface area contributed by atoms with Gasteiger partial charge in [0.05, 0.1) is 11.7 Å². The van der Waals surface area contributed by atoms with E-state index < -0.39 is 0 Å². The lowest BCUT2D eigenvalue weighted by Gasteiger charge is -2.25. The summed E-state index contributed by atoms with van der Waals surface area (Å²) in [5, 5.41) is 0. The van der Waals surface area contributed by atoms with Crippen LogP contribution in [0.15, 0.2) is 84.0 Å². The molecule has 30 heavy (non-hydrogen) atoms. The molecule has 0 bridgehead atoms. The zero-order chi connectivity index (χ0) is 21.1. The highest BCUT2D eigenvalue weighted by Crippen LogP contribution is 2.25. The van der Waals surface area contributed by atoms with Crippen molar-refractivity contribution < 1.29 is 9.18 Å².